The van der Waals surface area contributed by atoms with E-state index in [0.29, 0.717) is 6.54 Å². The van der Waals surface area contributed by atoms with Crippen LogP contribution in [-0.2, 0) is 4.79 Å². The first-order chi connectivity index (χ1) is 9.65. The molecule has 1 aliphatic heterocycles. The van der Waals surface area contributed by atoms with E-state index in [2.05, 4.69) is 15.2 Å². The molecule has 0 saturated carbocycles. The van der Waals surface area contributed by atoms with E-state index >= 15 is 0 Å². The van der Waals surface area contributed by atoms with Crippen molar-refractivity contribution in [2.45, 2.75) is 13.3 Å². The topological polar surface area (TPSA) is 71.2 Å². The number of hydrogen-bond acceptors (Lipinski definition) is 4. The van der Waals surface area contributed by atoms with Crippen molar-refractivity contribution >= 4 is 28.1 Å². The molecular formula is C15H18N4O. The minimum absolute atomic E-state index is 0.0678. The predicted octanol–water partition coefficient (Wildman–Crippen LogP) is 1.45. The van der Waals surface area contributed by atoms with Crippen molar-refractivity contribution in [2.24, 2.45) is 0 Å². The molecular weight excluding hydrogens is 252 g/mol. The zero-order valence-electron chi connectivity index (χ0n) is 11.5. The number of anilines is 2. The number of carbonyl (C=O) groups excluding carboxylic acids is 1. The smallest absolute Gasteiger partial charge is 0.239 e. The number of amides is 1. The molecule has 0 bridgehead atoms. The number of nitrogen functional groups attached to an aromatic ring is 1. The van der Waals surface area contributed by atoms with Gasteiger partial charge in [0.05, 0.1) is 6.54 Å². The van der Waals surface area contributed by atoms with Crippen LogP contribution in [0.3, 0.4) is 0 Å². The summed E-state index contributed by atoms with van der Waals surface area (Å²) < 4.78 is 0. The molecule has 5 nitrogen and oxygen atoms in total. The predicted molar refractivity (Wildman–Crippen MR) is 80.7 cm³/mol. The summed E-state index contributed by atoms with van der Waals surface area (Å²) in [5.74, 6) is 0.0678. The number of hydrogen-bond donors (Lipinski definition) is 2. The second-order valence-electron chi connectivity index (χ2n) is 5.17. The molecule has 0 atom stereocenters. The summed E-state index contributed by atoms with van der Waals surface area (Å²) in [6.45, 7) is 3.95. The van der Waals surface area contributed by atoms with E-state index in [9.17, 15) is 4.79 Å². The van der Waals surface area contributed by atoms with Gasteiger partial charge in [0.1, 0.15) is 0 Å². The number of nitrogens with one attached hydrogen (secondary N) is 1. The lowest BCUT2D eigenvalue weighted by molar-refractivity contribution is -0.119. The minimum atomic E-state index is 0.0678. The number of carbonyl (C=O) groups is 1. The summed E-state index contributed by atoms with van der Waals surface area (Å²) in [6.07, 6.45) is 2.75. The molecule has 1 aromatic carbocycles. The quantitative estimate of drug-likeness (QED) is 0.769. The monoisotopic (exact) mass is 270 g/mol. The summed E-state index contributed by atoms with van der Waals surface area (Å²) in [6, 6.07) is 5.91. The molecule has 0 spiro atoms. The maximum Gasteiger partial charge on any atom is 0.239 e. The van der Waals surface area contributed by atoms with E-state index in [4.69, 9.17) is 5.73 Å². The van der Waals surface area contributed by atoms with Crippen molar-refractivity contribution in [1.29, 1.82) is 0 Å². The minimum Gasteiger partial charge on any atom is -0.398 e. The van der Waals surface area contributed by atoms with Crippen molar-refractivity contribution in [3.63, 3.8) is 0 Å². The van der Waals surface area contributed by atoms with E-state index in [0.717, 1.165) is 47.4 Å². The fraction of sp³-hybridized carbons (Fsp3) is 0.333. The van der Waals surface area contributed by atoms with Crippen LogP contribution in [0, 0.1) is 6.92 Å². The highest BCUT2D eigenvalue weighted by Gasteiger charge is 2.17. The van der Waals surface area contributed by atoms with Gasteiger partial charge < -0.3 is 16.0 Å². The van der Waals surface area contributed by atoms with Crippen LogP contribution in [-0.4, -0.2) is 30.5 Å². The summed E-state index contributed by atoms with van der Waals surface area (Å²) in [5.41, 5.74) is 8.74. The Hall–Kier alpha value is -2.30. The lowest BCUT2D eigenvalue weighted by Gasteiger charge is -2.23. The third-order valence-corrected chi connectivity index (χ3v) is 3.65. The highest BCUT2D eigenvalue weighted by molar-refractivity contribution is 6.02. The third-order valence-electron chi connectivity index (χ3n) is 3.65. The van der Waals surface area contributed by atoms with E-state index in [1.807, 2.05) is 25.1 Å². The lowest BCUT2D eigenvalue weighted by atomic mass is 10.1. The number of nitrogens with two attached hydrogens (primary N) is 1. The van der Waals surface area contributed by atoms with Crippen LogP contribution in [0.4, 0.5) is 11.4 Å². The number of aromatic nitrogens is 1. The van der Waals surface area contributed by atoms with Gasteiger partial charge in [-0.15, -0.1) is 0 Å². The number of aryl methyl sites for hydroxylation is 1. The first-order valence-corrected chi connectivity index (χ1v) is 6.81. The number of benzene rings is 1. The first-order valence-electron chi connectivity index (χ1n) is 6.81. The van der Waals surface area contributed by atoms with Gasteiger partial charge in [-0.3, -0.25) is 9.78 Å². The van der Waals surface area contributed by atoms with Gasteiger partial charge in [0.2, 0.25) is 5.91 Å². The number of rotatable bonds is 1. The van der Waals surface area contributed by atoms with E-state index in [1.54, 1.807) is 6.20 Å². The average molecular weight is 270 g/mol. The van der Waals surface area contributed by atoms with Crippen molar-refractivity contribution in [3.05, 3.63) is 30.1 Å². The Morgan fingerprint density at radius 1 is 1.35 bits per heavy atom. The molecule has 0 unspecified atom stereocenters. The highest BCUT2D eigenvalue weighted by Crippen LogP contribution is 2.31. The van der Waals surface area contributed by atoms with Gasteiger partial charge in [0.25, 0.3) is 0 Å². The van der Waals surface area contributed by atoms with Gasteiger partial charge in [0.15, 0.2) is 0 Å². The normalized spacial score (nSPS) is 16.1. The summed E-state index contributed by atoms with van der Waals surface area (Å²) >= 11 is 0. The molecule has 1 aromatic heterocycles. The van der Waals surface area contributed by atoms with Crippen LogP contribution in [0.2, 0.25) is 0 Å². The summed E-state index contributed by atoms with van der Waals surface area (Å²) in [4.78, 5) is 18.2. The van der Waals surface area contributed by atoms with Crippen LogP contribution >= 0.6 is 0 Å². The SMILES string of the molecule is Cc1cc2c(N3CCCNC(=O)C3)ccc(N)c2cn1. The van der Waals surface area contributed by atoms with E-state index in [-0.39, 0.29) is 5.91 Å². The van der Waals surface area contributed by atoms with Gasteiger partial charge in [-0.2, -0.15) is 0 Å². The molecule has 1 fully saturated rings. The number of pyridine rings is 1. The molecule has 1 amide bonds. The Morgan fingerprint density at radius 3 is 3.05 bits per heavy atom. The van der Waals surface area contributed by atoms with Crippen LogP contribution in [0.5, 0.6) is 0 Å². The number of nitrogens with zero attached hydrogens (tertiary/aromatic N) is 2. The fourth-order valence-corrected chi connectivity index (χ4v) is 2.64. The Morgan fingerprint density at radius 2 is 2.20 bits per heavy atom. The molecule has 5 heteroatoms. The maximum absolute atomic E-state index is 11.7. The number of fused-ring (bicyclic) bond motifs is 1. The van der Waals surface area contributed by atoms with Crippen molar-refractivity contribution < 1.29 is 4.79 Å². The van der Waals surface area contributed by atoms with E-state index < -0.39 is 0 Å². The molecule has 104 valence electrons. The molecule has 20 heavy (non-hydrogen) atoms. The maximum atomic E-state index is 11.7. The third kappa shape index (κ3) is 2.27. The molecule has 2 heterocycles. The Balaban J connectivity index is 2.12. The zero-order valence-corrected chi connectivity index (χ0v) is 11.5. The molecule has 0 radical (unpaired) electrons. The van der Waals surface area contributed by atoms with Crippen molar-refractivity contribution in [2.75, 3.05) is 30.3 Å². The Bertz CT molecular complexity index is 668. The molecule has 1 saturated heterocycles. The fourth-order valence-electron chi connectivity index (χ4n) is 2.64. The van der Waals surface area contributed by atoms with Gasteiger partial charge >= 0.3 is 0 Å². The standard InChI is InChI=1S/C15H18N4O/c1-10-7-11-12(8-18-10)13(16)3-4-14(11)19-6-2-5-17-15(20)9-19/h3-4,7-8H,2,5-6,9,16H2,1H3,(H,17,20). The molecule has 0 aliphatic carbocycles. The Kier molecular flexibility index (Phi) is 3.18. The second-order valence-corrected chi connectivity index (χ2v) is 5.17. The molecule has 3 rings (SSSR count). The lowest BCUT2D eigenvalue weighted by Crippen LogP contribution is -2.33. The van der Waals surface area contributed by atoms with Crippen LogP contribution in [0.1, 0.15) is 12.1 Å². The molecule has 1 aliphatic rings. The molecule has 2 aromatic rings. The van der Waals surface area contributed by atoms with Crippen LogP contribution in [0.15, 0.2) is 24.4 Å². The first kappa shape index (κ1) is 12.7. The van der Waals surface area contributed by atoms with Gasteiger partial charge in [-0.05, 0) is 31.5 Å². The summed E-state index contributed by atoms with van der Waals surface area (Å²) in [5, 5.41) is 4.90. The van der Waals surface area contributed by atoms with Gasteiger partial charge in [-0.1, -0.05) is 0 Å². The van der Waals surface area contributed by atoms with Crippen molar-refractivity contribution in [3.8, 4) is 0 Å². The average Bonchev–Trinajstić information content (AvgIpc) is 2.63. The highest BCUT2D eigenvalue weighted by atomic mass is 16.2. The van der Waals surface area contributed by atoms with Gasteiger partial charge in [0, 0.05) is 47.1 Å². The summed E-state index contributed by atoms with van der Waals surface area (Å²) in [7, 11) is 0. The van der Waals surface area contributed by atoms with Crippen molar-refractivity contribution in [1.82, 2.24) is 10.3 Å². The Labute approximate surface area is 117 Å². The zero-order chi connectivity index (χ0) is 14.1. The molecule has 3 N–H and O–H groups in total. The largest absolute Gasteiger partial charge is 0.398 e. The van der Waals surface area contributed by atoms with Crippen LogP contribution < -0.4 is 16.0 Å². The van der Waals surface area contributed by atoms with E-state index in [1.165, 1.54) is 0 Å². The van der Waals surface area contributed by atoms with Crippen LogP contribution in [0.25, 0.3) is 10.8 Å². The second kappa shape index (κ2) is 5.00. The van der Waals surface area contributed by atoms with Gasteiger partial charge in [-0.25, -0.2) is 0 Å².